The van der Waals surface area contributed by atoms with E-state index in [4.69, 9.17) is 4.74 Å². The van der Waals surface area contributed by atoms with Gasteiger partial charge < -0.3 is 4.74 Å². The second-order valence-electron chi connectivity index (χ2n) is 10.0. The molecule has 2 atom stereocenters. The first-order valence-corrected chi connectivity index (χ1v) is 12.9. The molecule has 0 N–H and O–H groups in total. The molecule has 2 amide bonds. The Hall–Kier alpha value is -3.40. The number of imide groups is 1. The molecule has 4 aliphatic rings. The lowest BCUT2D eigenvalue weighted by atomic mass is 9.46. The van der Waals surface area contributed by atoms with Gasteiger partial charge in [0.1, 0.15) is 5.75 Å². The Bertz CT molecular complexity index is 1250. The van der Waals surface area contributed by atoms with E-state index in [9.17, 15) is 9.59 Å². The topological polar surface area (TPSA) is 46.6 Å². The molecule has 4 heteroatoms. The van der Waals surface area contributed by atoms with Gasteiger partial charge in [0.15, 0.2) is 0 Å². The molecular weight excluding hydrogens is 434 g/mol. The van der Waals surface area contributed by atoms with Crippen LogP contribution in [-0.2, 0) is 15.0 Å². The van der Waals surface area contributed by atoms with Gasteiger partial charge in [0.2, 0.25) is 11.8 Å². The molecule has 35 heavy (non-hydrogen) atoms. The normalized spacial score (nSPS) is 25.9. The number of carbonyl (C=O) groups is 2. The first-order valence-electron chi connectivity index (χ1n) is 12.9. The molecule has 2 bridgehead atoms. The smallest absolute Gasteiger partial charge is 0.238 e. The van der Waals surface area contributed by atoms with E-state index in [0.29, 0.717) is 12.3 Å². The predicted molar refractivity (Wildman–Crippen MR) is 137 cm³/mol. The lowest BCUT2D eigenvalue weighted by Gasteiger charge is -2.54. The van der Waals surface area contributed by atoms with Crippen molar-refractivity contribution in [2.45, 2.75) is 50.9 Å². The minimum Gasteiger partial charge on any atom is -0.494 e. The van der Waals surface area contributed by atoms with E-state index in [1.807, 2.05) is 24.3 Å². The van der Waals surface area contributed by atoms with Crippen molar-refractivity contribution in [2.24, 2.45) is 11.8 Å². The van der Waals surface area contributed by atoms with Crippen molar-refractivity contribution in [3.63, 3.8) is 0 Å². The highest BCUT2D eigenvalue weighted by atomic mass is 16.5. The van der Waals surface area contributed by atoms with Gasteiger partial charge >= 0.3 is 0 Å². The van der Waals surface area contributed by atoms with Crippen LogP contribution in [0.5, 0.6) is 5.75 Å². The maximum atomic E-state index is 14.1. The molecule has 1 aliphatic heterocycles. The number of amides is 2. The first-order chi connectivity index (χ1) is 17.1. The predicted octanol–water partition coefficient (Wildman–Crippen LogP) is 6.22. The number of carbonyl (C=O) groups excluding carboxylic acids is 2. The molecule has 1 heterocycles. The zero-order valence-electron chi connectivity index (χ0n) is 20.4. The first kappa shape index (κ1) is 22.1. The second kappa shape index (κ2) is 8.37. The summed E-state index contributed by atoms with van der Waals surface area (Å²) in [6, 6.07) is 24.3. The number of benzene rings is 3. The molecule has 1 saturated heterocycles. The number of unbranched alkanes of at least 4 members (excludes halogenated alkanes) is 2. The molecule has 0 aromatic heterocycles. The Balaban J connectivity index is 1.41. The van der Waals surface area contributed by atoms with Crippen LogP contribution in [0.2, 0.25) is 0 Å². The van der Waals surface area contributed by atoms with E-state index in [0.717, 1.165) is 31.4 Å². The summed E-state index contributed by atoms with van der Waals surface area (Å²) in [5.41, 5.74) is 4.98. The van der Waals surface area contributed by atoms with Gasteiger partial charge in [0, 0.05) is 11.3 Å². The quantitative estimate of drug-likeness (QED) is 0.308. The van der Waals surface area contributed by atoms with Gasteiger partial charge in [-0.15, -0.1) is 0 Å². The van der Waals surface area contributed by atoms with Crippen LogP contribution in [0, 0.1) is 11.8 Å². The molecule has 0 radical (unpaired) electrons. The fraction of sp³-hybridized carbons (Fsp3) is 0.355. The van der Waals surface area contributed by atoms with Crippen molar-refractivity contribution >= 4 is 17.5 Å². The molecule has 3 aromatic rings. The summed E-state index contributed by atoms with van der Waals surface area (Å²) in [4.78, 5) is 29.6. The van der Waals surface area contributed by atoms with E-state index in [2.05, 4.69) is 62.4 Å². The Morgan fingerprint density at radius 2 is 1.43 bits per heavy atom. The zero-order chi connectivity index (χ0) is 24.2. The van der Waals surface area contributed by atoms with Gasteiger partial charge in [-0.05, 0) is 59.4 Å². The molecule has 3 aliphatic carbocycles. The van der Waals surface area contributed by atoms with Crippen molar-refractivity contribution in [3.05, 3.63) is 95.1 Å². The van der Waals surface area contributed by atoms with Crippen molar-refractivity contribution in [1.29, 1.82) is 0 Å². The molecule has 1 fully saturated rings. The van der Waals surface area contributed by atoms with Crippen LogP contribution < -0.4 is 9.64 Å². The van der Waals surface area contributed by atoms with Crippen LogP contribution in [0.1, 0.15) is 67.7 Å². The average Bonchev–Trinajstić information content (AvgIpc) is 3.17. The highest BCUT2D eigenvalue weighted by molar-refractivity contribution is 6.23. The highest BCUT2D eigenvalue weighted by Crippen LogP contribution is 2.65. The van der Waals surface area contributed by atoms with Gasteiger partial charge in [0.05, 0.1) is 24.1 Å². The van der Waals surface area contributed by atoms with Gasteiger partial charge in [-0.2, -0.15) is 0 Å². The molecule has 0 saturated carbocycles. The van der Waals surface area contributed by atoms with Crippen LogP contribution in [-0.4, -0.2) is 18.4 Å². The zero-order valence-corrected chi connectivity index (χ0v) is 20.4. The van der Waals surface area contributed by atoms with Crippen LogP contribution in [0.15, 0.2) is 72.8 Å². The lowest BCUT2D eigenvalue weighted by molar-refractivity contribution is -0.123. The van der Waals surface area contributed by atoms with Crippen LogP contribution in [0.4, 0.5) is 5.69 Å². The molecule has 4 nitrogen and oxygen atoms in total. The number of nitrogens with zero attached hydrogens (tertiary/aromatic N) is 1. The van der Waals surface area contributed by atoms with Gasteiger partial charge in [-0.1, -0.05) is 75.2 Å². The van der Waals surface area contributed by atoms with Crippen molar-refractivity contribution < 1.29 is 14.3 Å². The third-order valence-electron chi connectivity index (χ3n) is 8.46. The summed E-state index contributed by atoms with van der Waals surface area (Å²) in [6.07, 6.45) is 4.08. The van der Waals surface area contributed by atoms with Crippen LogP contribution in [0.25, 0.3) is 0 Å². The average molecular weight is 466 g/mol. The molecule has 178 valence electrons. The summed E-state index contributed by atoms with van der Waals surface area (Å²) >= 11 is 0. The van der Waals surface area contributed by atoms with E-state index in [1.165, 1.54) is 27.2 Å². The minimum atomic E-state index is -0.490. The van der Waals surface area contributed by atoms with Gasteiger partial charge in [-0.25, -0.2) is 4.90 Å². The third kappa shape index (κ3) is 2.98. The van der Waals surface area contributed by atoms with Crippen molar-refractivity contribution in [2.75, 3.05) is 11.5 Å². The van der Waals surface area contributed by atoms with E-state index < -0.39 is 5.41 Å². The molecule has 0 spiro atoms. The number of ether oxygens (including phenoxy) is 1. The fourth-order valence-corrected chi connectivity index (χ4v) is 7.02. The lowest BCUT2D eigenvalue weighted by Crippen LogP contribution is -2.53. The van der Waals surface area contributed by atoms with Crippen LogP contribution in [0.3, 0.4) is 0 Å². The van der Waals surface area contributed by atoms with Gasteiger partial charge in [0.25, 0.3) is 0 Å². The fourth-order valence-electron chi connectivity index (χ4n) is 7.02. The van der Waals surface area contributed by atoms with E-state index in [1.54, 1.807) is 0 Å². The number of hydrogen-bond donors (Lipinski definition) is 0. The summed E-state index contributed by atoms with van der Waals surface area (Å²) in [6.45, 7) is 5.00. The molecule has 0 unspecified atom stereocenters. The Labute approximate surface area is 206 Å². The Kier molecular flexibility index (Phi) is 5.28. The Morgan fingerprint density at radius 3 is 2.03 bits per heavy atom. The number of anilines is 1. The van der Waals surface area contributed by atoms with Gasteiger partial charge in [-0.3, -0.25) is 9.59 Å². The van der Waals surface area contributed by atoms with Crippen LogP contribution >= 0.6 is 0 Å². The highest BCUT2D eigenvalue weighted by Gasteiger charge is 2.67. The molecule has 7 rings (SSSR count). The summed E-state index contributed by atoms with van der Waals surface area (Å²) in [7, 11) is 0. The van der Waals surface area contributed by atoms with Crippen molar-refractivity contribution in [3.8, 4) is 5.75 Å². The number of rotatable bonds is 7. The monoisotopic (exact) mass is 465 g/mol. The summed E-state index contributed by atoms with van der Waals surface area (Å²) < 4.78 is 5.85. The maximum Gasteiger partial charge on any atom is 0.238 e. The summed E-state index contributed by atoms with van der Waals surface area (Å²) in [5.74, 6) is -0.248. The second-order valence-corrected chi connectivity index (χ2v) is 10.0. The molecular formula is C31H31NO3. The van der Waals surface area contributed by atoms with Crippen molar-refractivity contribution in [1.82, 2.24) is 0 Å². The maximum absolute atomic E-state index is 14.1. The largest absolute Gasteiger partial charge is 0.494 e. The summed E-state index contributed by atoms with van der Waals surface area (Å²) in [5, 5.41) is 0. The van der Waals surface area contributed by atoms with E-state index in [-0.39, 0.29) is 29.6 Å². The molecule has 3 aromatic carbocycles. The van der Waals surface area contributed by atoms with E-state index >= 15 is 0 Å². The third-order valence-corrected chi connectivity index (χ3v) is 8.46. The SMILES string of the molecule is CCCCCOc1ccc(N2C(=O)[C@@H]3[C@@H](C2=O)C2c4ccccc4C3(CC)c3ccccc32)cc1. The Morgan fingerprint density at radius 1 is 0.800 bits per heavy atom. The minimum absolute atomic E-state index is 0.0764. The standard InChI is InChI=1S/C31H31NO3/c1-3-5-10-19-35-21-17-15-20(16-18-21)32-29(33)27-26-22-11-6-8-13-24(22)31(4-2,28(27)30(32)34)25-14-9-7-12-23(25)26/h6-9,11-18,26-28H,3-5,10,19H2,1-2H3/t26?,27-,28-,31?/m0/s1. The number of hydrogen-bond acceptors (Lipinski definition) is 3.